The molecule has 0 spiro atoms. The molecular weight excluding hydrogens is 597 g/mol. The minimum absolute atomic E-state index is 1.09. The van der Waals surface area contributed by atoms with E-state index >= 15 is 0 Å². The first-order valence-electron chi connectivity index (χ1n) is 17.9. The average molecular weight is 645 g/mol. The molecule has 0 atom stereocenters. The number of unbranched alkanes of at least 4 members (excludes halogenated alkanes) is 10. The van der Waals surface area contributed by atoms with Crippen molar-refractivity contribution in [3.63, 3.8) is 0 Å². The number of nitrogens with zero attached hydrogens (tertiary/aromatic N) is 2. The fourth-order valence-electron chi connectivity index (χ4n) is 7.27. The van der Waals surface area contributed by atoms with Crippen LogP contribution in [0.1, 0.15) is 90.9 Å². The summed E-state index contributed by atoms with van der Waals surface area (Å²) in [5.41, 5.74) is 8.30. The van der Waals surface area contributed by atoms with Crippen LogP contribution in [0.25, 0.3) is 63.1 Å². The van der Waals surface area contributed by atoms with Gasteiger partial charge in [-0.2, -0.15) is 0 Å². The first-order chi connectivity index (χ1) is 22.8. The van der Waals surface area contributed by atoms with Gasteiger partial charge in [-0.1, -0.05) is 139 Å². The quantitative estimate of drug-likeness (QED) is 0.0926. The Bertz CT molecular complexity index is 1870. The highest BCUT2D eigenvalue weighted by Crippen LogP contribution is 2.45. The van der Waals surface area contributed by atoms with E-state index in [0.717, 1.165) is 13.1 Å². The number of thiophene rings is 2. The first-order valence-corrected chi connectivity index (χ1v) is 19.5. The lowest BCUT2D eigenvalue weighted by Crippen LogP contribution is -1.99. The van der Waals surface area contributed by atoms with Crippen molar-refractivity contribution in [3.8, 4) is 20.9 Å². The number of hydrogen-bond donors (Lipinski definition) is 0. The summed E-state index contributed by atoms with van der Waals surface area (Å²) in [4.78, 5) is 2.75. The largest absolute Gasteiger partial charge is 0.340 e. The van der Waals surface area contributed by atoms with Crippen LogP contribution in [0, 0.1) is 0 Å². The number of rotatable bonds is 16. The summed E-state index contributed by atoms with van der Waals surface area (Å²) < 4.78 is 8.22. The van der Waals surface area contributed by atoms with Gasteiger partial charge in [-0.15, -0.1) is 22.7 Å². The van der Waals surface area contributed by atoms with Crippen molar-refractivity contribution >= 4 is 64.9 Å². The highest BCUT2D eigenvalue weighted by Gasteiger charge is 2.21. The number of fused-ring (bicyclic) bond motifs is 6. The van der Waals surface area contributed by atoms with Crippen molar-refractivity contribution in [3.05, 3.63) is 84.9 Å². The van der Waals surface area contributed by atoms with E-state index in [1.807, 2.05) is 22.7 Å². The van der Waals surface area contributed by atoms with E-state index in [2.05, 4.69) is 108 Å². The van der Waals surface area contributed by atoms with Crippen LogP contribution >= 0.6 is 22.7 Å². The van der Waals surface area contributed by atoms with Gasteiger partial charge in [0.25, 0.3) is 0 Å². The molecule has 0 saturated carbocycles. The molecule has 0 aliphatic rings. The monoisotopic (exact) mass is 644 g/mol. The van der Waals surface area contributed by atoms with Crippen LogP contribution < -0.4 is 0 Å². The van der Waals surface area contributed by atoms with Crippen molar-refractivity contribution < 1.29 is 0 Å². The van der Waals surface area contributed by atoms with Crippen LogP contribution in [-0.2, 0) is 13.1 Å². The summed E-state index contributed by atoms with van der Waals surface area (Å²) in [5, 5.41) is 2.86. The van der Waals surface area contributed by atoms with Gasteiger partial charge in [0.2, 0.25) is 0 Å². The third-order valence-electron chi connectivity index (χ3n) is 9.78. The number of aryl methyl sites for hydroxylation is 2. The third-order valence-corrected chi connectivity index (χ3v) is 12.2. The highest BCUT2D eigenvalue weighted by molar-refractivity contribution is 7.23. The van der Waals surface area contributed by atoms with Crippen LogP contribution in [0.4, 0.5) is 0 Å². The van der Waals surface area contributed by atoms with E-state index in [-0.39, 0.29) is 0 Å². The van der Waals surface area contributed by atoms with Crippen LogP contribution in [0.3, 0.4) is 0 Å². The summed E-state index contributed by atoms with van der Waals surface area (Å²) >= 11 is 3.95. The summed E-state index contributed by atoms with van der Waals surface area (Å²) in [6.07, 6.45) is 15.8. The maximum absolute atomic E-state index is 2.66. The molecule has 0 fully saturated rings. The minimum atomic E-state index is 1.09. The molecule has 7 aromatic rings. The Balaban J connectivity index is 1.34. The molecule has 0 saturated heterocycles. The lowest BCUT2D eigenvalue weighted by atomic mass is 10.1. The maximum Gasteiger partial charge on any atom is 0.0608 e. The molecule has 0 radical (unpaired) electrons. The molecular formula is C42H48N2S2. The van der Waals surface area contributed by atoms with Gasteiger partial charge in [0.15, 0.2) is 0 Å². The second-order valence-corrected chi connectivity index (χ2v) is 15.2. The standard InChI is InChI=1S/C42H48N2S2/c1-3-5-7-9-11-19-25-43-35-27-34-36(28-33(35)41-37(43)29-39(45-41)31-21-15-13-16-22-31)44(26-20-12-10-8-6-4-2)38-30-40(46-42(34)38)32-23-17-14-18-24-32/h13-18,21-24,27-30H,3-12,19-20,25-26H2,1-2H3. The fraction of sp³-hybridized carbons (Fsp3) is 0.381. The van der Waals surface area contributed by atoms with Gasteiger partial charge in [-0.25, -0.2) is 0 Å². The Hall–Kier alpha value is -3.34. The molecule has 0 bridgehead atoms. The lowest BCUT2D eigenvalue weighted by Gasteiger charge is -2.10. The van der Waals surface area contributed by atoms with E-state index in [9.17, 15) is 0 Å². The molecule has 0 amide bonds. The predicted molar refractivity (Wildman–Crippen MR) is 206 cm³/mol. The second kappa shape index (κ2) is 14.6. The van der Waals surface area contributed by atoms with Gasteiger partial charge < -0.3 is 9.13 Å². The van der Waals surface area contributed by atoms with E-state index in [0.29, 0.717) is 0 Å². The average Bonchev–Trinajstić information content (AvgIpc) is 3.85. The normalized spacial score (nSPS) is 12.0. The fourth-order valence-corrected chi connectivity index (χ4v) is 9.65. The number of hydrogen-bond acceptors (Lipinski definition) is 2. The van der Waals surface area contributed by atoms with Gasteiger partial charge in [0.05, 0.1) is 31.5 Å². The predicted octanol–water partition coefficient (Wildman–Crippen LogP) is 14.1. The van der Waals surface area contributed by atoms with Crippen molar-refractivity contribution in [2.24, 2.45) is 0 Å². The zero-order chi connectivity index (χ0) is 31.3. The van der Waals surface area contributed by atoms with Gasteiger partial charge in [0.1, 0.15) is 0 Å². The van der Waals surface area contributed by atoms with E-state index in [1.54, 1.807) is 0 Å². The number of benzene rings is 3. The van der Waals surface area contributed by atoms with Crippen LogP contribution in [0.15, 0.2) is 84.9 Å². The van der Waals surface area contributed by atoms with Crippen molar-refractivity contribution in [2.45, 2.75) is 104 Å². The summed E-state index contributed by atoms with van der Waals surface area (Å²) in [6.45, 7) is 6.78. The zero-order valence-corrected chi connectivity index (χ0v) is 29.3. The van der Waals surface area contributed by atoms with E-state index < -0.39 is 0 Å². The van der Waals surface area contributed by atoms with Crippen molar-refractivity contribution in [1.82, 2.24) is 9.13 Å². The summed E-state index contributed by atoms with van der Waals surface area (Å²) in [6, 6.07) is 32.0. The van der Waals surface area contributed by atoms with Crippen LogP contribution in [0.2, 0.25) is 0 Å². The van der Waals surface area contributed by atoms with Crippen molar-refractivity contribution in [2.75, 3.05) is 0 Å². The van der Waals surface area contributed by atoms with E-state index in [4.69, 9.17) is 0 Å². The highest BCUT2D eigenvalue weighted by atomic mass is 32.1. The SMILES string of the molecule is CCCCCCCCn1c2cc3c4sc(-c5ccccc5)cc4n(CCCCCCCC)c3cc2c2sc(-c3ccccc3)cc21. The minimum Gasteiger partial charge on any atom is -0.340 e. The topological polar surface area (TPSA) is 9.86 Å². The lowest BCUT2D eigenvalue weighted by molar-refractivity contribution is 0.570. The van der Waals surface area contributed by atoms with Crippen LogP contribution in [-0.4, -0.2) is 9.13 Å². The van der Waals surface area contributed by atoms with Gasteiger partial charge in [0, 0.05) is 33.6 Å². The summed E-state index contributed by atoms with van der Waals surface area (Å²) in [7, 11) is 0. The Morgan fingerprint density at radius 1 is 0.435 bits per heavy atom. The molecule has 2 nitrogen and oxygen atoms in total. The molecule has 7 rings (SSSR count). The molecule has 4 heterocycles. The molecule has 0 unspecified atom stereocenters. The Labute approximate surface area is 282 Å². The molecule has 4 aromatic heterocycles. The van der Waals surface area contributed by atoms with Gasteiger partial charge in [-0.05, 0) is 48.2 Å². The Morgan fingerprint density at radius 3 is 1.24 bits per heavy atom. The zero-order valence-electron chi connectivity index (χ0n) is 27.7. The van der Waals surface area contributed by atoms with Gasteiger partial charge in [-0.3, -0.25) is 0 Å². The van der Waals surface area contributed by atoms with Crippen molar-refractivity contribution in [1.29, 1.82) is 0 Å². The molecule has 0 N–H and O–H groups in total. The second-order valence-electron chi connectivity index (χ2n) is 13.1. The van der Waals surface area contributed by atoms with Gasteiger partial charge >= 0.3 is 0 Å². The molecule has 3 aromatic carbocycles. The number of aromatic nitrogens is 2. The molecule has 238 valence electrons. The van der Waals surface area contributed by atoms with E-state index in [1.165, 1.54) is 140 Å². The molecule has 0 aliphatic carbocycles. The Morgan fingerprint density at radius 2 is 0.826 bits per heavy atom. The summed E-state index contributed by atoms with van der Waals surface area (Å²) in [5.74, 6) is 0. The maximum atomic E-state index is 2.66. The smallest absolute Gasteiger partial charge is 0.0608 e. The van der Waals surface area contributed by atoms with Crippen LogP contribution in [0.5, 0.6) is 0 Å². The first kappa shape index (κ1) is 31.3. The Kier molecular flexibility index (Phi) is 9.93. The molecule has 4 heteroatoms. The molecule has 0 aliphatic heterocycles. The third kappa shape index (κ3) is 6.31. The molecule has 46 heavy (non-hydrogen) atoms.